The average Bonchev–Trinajstić information content (AvgIpc) is 3.02. The van der Waals surface area contributed by atoms with Gasteiger partial charge in [0.1, 0.15) is 18.4 Å². The third-order valence-electron chi connectivity index (χ3n) is 7.02. The molecular formula is C34H36FN3O4S. The van der Waals surface area contributed by atoms with E-state index in [1.807, 2.05) is 68.4 Å². The largest absolute Gasteiger partial charge is 0.354 e. The SMILES string of the molecule is CCCNC(=O)[C@H](Cc1ccccc1)N(Cc1ccc(C)cc1)C(=O)CN(c1ccccc1)S(=O)(=O)c1ccc(F)cc1. The third-order valence-corrected chi connectivity index (χ3v) is 8.81. The summed E-state index contributed by atoms with van der Waals surface area (Å²) in [7, 11) is -4.28. The van der Waals surface area contributed by atoms with Crippen LogP contribution in [0.4, 0.5) is 10.1 Å². The van der Waals surface area contributed by atoms with E-state index in [-0.39, 0.29) is 29.5 Å². The highest BCUT2D eigenvalue weighted by Crippen LogP contribution is 2.25. The Morgan fingerprint density at radius 3 is 2.02 bits per heavy atom. The summed E-state index contributed by atoms with van der Waals surface area (Å²) in [6.07, 6.45) is 0.956. The summed E-state index contributed by atoms with van der Waals surface area (Å²) < 4.78 is 42.5. The fourth-order valence-corrected chi connectivity index (χ4v) is 6.08. The van der Waals surface area contributed by atoms with Gasteiger partial charge in [0, 0.05) is 19.5 Å². The molecule has 0 aliphatic rings. The van der Waals surface area contributed by atoms with Crippen molar-refractivity contribution in [2.24, 2.45) is 0 Å². The lowest BCUT2D eigenvalue weighted by Gasteiger charge is -2.34. The van der Waals surface area contributed by atoms with Crippen molar-refractivity contribution in [3.63, 3.8) is 0 Å². The van der Waals surface area contributed by atoms with E-state index in [1.165, 1.54) is 17.0 Å². The normalized spacial score (nSPS) is 11.9. The highest BCUT2D eigenvalue weighted by Gasteiger charge is 2.34. The topological polar surface area (TPSA) is 86.8 Å². The van der Waals surface area contributed by atoms with Crippen LogP contribution in [0.15, 0.2) is 114 Å². The predicted octanol–water partition coefficient (Wildman–Crippen LogP) is 5.50. The second-order valence-corrected chi connectivity index (χ2v) is 12.2. The van der Waals surface area contributed by atoms with Crippen molar-refractivity contribution in [1.82, 2.24) is 10.2 Å². The van der Waals surface area contributed by atoms with Gasteiger partial charge in [0.15, 0.2) is 0 Å². The lowest BCUT2D eigenvalue weighted by Crippen LogP contribution is -2.53. The number of para-hydroxylation sites is 1. The number of amides is 2. The standard InChI is InChI=1S/C34H36FN3O4S/c1-3-22-36-34(40)32(23-27-10-6-4-7-11-27)37(24-28-16-14-26(2)15-17-28)33(39)25-38(30-12-8-5-9-13-30)43(41,42)31-20-18-29(35)19-21-31/h4-21,32H,3,22-25H2,1-2H3,(H,36,40)/t32-/m0/s1. The molecule has 0 saturated carbocycles. The summed E-state index contributed by atoms with van der Waals surface area (Å²) in [6.45, 7) is 3.87. The number of carbonyl (C=O) groups is 2. The molecule has 4 aromatic carbocycles. The molecule has 4 aromatic rings. The number of hydrogen-bond acceptors (Lipinski definition) is 4. The zero-order chi connectivity index (χ0) is 30.8. The predicted molar refractivity (Wildman–Crippen MR) is 166 cm³/mol. The lowest BCUT2D eigenvalue weighted by atomic mass is 10.0. The molecule has 7 nitrogen and oxygen atoms in total. The van der Waals surface area contributed by atoms with Crippen molar-refractivity contribution in [1.29, 1.82) is 0 Å². The first-order chi connectivity index (χ1) is 20.7. The van der Waals surface area contributed by atoms with Crippen molar-refractivity contribution in [3.05, 3.63) is 132 Å². The molecule has 0 heterocycles. The molecule has 0 aliphatic heterocycles. The van der Waals surface area contributed by atoms with Gasteiger partial charge in [-0.25, -0.2) is 12.8 Å². The number of nitrogens with one attached hydrogen (secondary N) is 1. The van der Waals surface area contributed by atoms with Crippen LogP contribution in [0.1, 0.15) is 30.0 Å². The Kier molecular flexibility index (Phi) is 10.7. The maximum Gasteiger partial charge on any atom is 0.264 e. The average molecular weight is 602 g/mol. The van der Waals surface area contributed by atoms with E-state index < -0.39 is 34.3 Å². The van der Waals surface area contributed by atoms with Crippen LogP contribution in [0.3, 0.4) is 0 Å². The third kappa shape index (κ3) is 8.29. The van der Waals surface area contributed by atoms with Crippen LogP contribution in [-0.2, 0) is 32.6 Å². The van der Waals surface area contributed by atoms with Gasteiger partial charge in [0.05, 0.1) is 10.6 Å². The second-order valence-electron chi connectivity index (χ2n) is 10.3. The maximum absolute atomic E-state index is 14.3. The van der Waals surface area contributed by atoms with Crippen molar-refractivity contribution < 1.29 is 22.4 Å². The molecule has 224 valence electrons. The fourth-order valence-electron chi connectivity index (χ4n) is 4.67. The number of hydrogen-bond donors (Lipinski definition) is 1. The Labute approximate surface area is 253 Å². The highest BCUT2D eigenvalue weighted by molar-refractivity contribution is 7.92. The van der Waals surface area contributed by atoms with E-state index >= 15 is 0 Å². The first-order valence-corrected chi connectivity index (χ1v) is 15.6. The van der Waals surface area contributed by atoms with Crippen LogP contribution in [0, 0.1) is 12.7 Å². The fraction of sp³-hybridized carbons (Fsp3) is 0.235. The minimum atomic E-state index is -4.28. The van der Waals surface area contributed by atoms with E-state index in [0.29, 0.717) is 13.0 Å². The van der Waals surface area contributed by atoms with Gasteiger partial charge in [0.2, 0.25) is 11.8 Å². The summed E-state index contributed by atoms with van der Waals surface area (Å²) in [5, 5.41) is 2.93. The van der Waals surface area contributed by atoms with Gasteiger partial charge < -0.3 is 10.2 Å². The van der Waals surface area contributed by atoms with Crippen molar-refractivity contribution >= 4 is 27.5 Å². The minimum Gasteiger partial charge on any atom is -0.354 e. The first kappa shape index (κ1) is 31.4. The Morgan fingerprint density at radius 1 is 0.814 bits per heavy atom. The number of carbonyl (C=O) groups excluding carboxylic acids is 2. The van der Waals surface area contributed by atoms with E-state index in [9.17, 15) is 22.4 Å². The van der Waals surface area contributed by atoms with Gasteiger partial charge >= 0.3 is 0 Å². The van der Waals surface area contributed by atoms with Gasteiger partial charge in [-0.05, 0) is 60.9 Å². The highest BCUT2D eigenvalue weighted by atomic mass is 32.2. The molecule has 0 fully saturated rings. The Bertz CT molecular complexity index is 1600. The smallest absolute Gasteiger partial charge is 0.264 e. The summed E-state index contributed by atoms with van der Waals surface area (Å²) in [5.74, 6) is -1.45. The van der Waals surface area contributed by atoms with Gasteiger partial charge in [-0.3, -0.25) is 13.9 Å². The molecular weight excluding hydrogens is 565 g/mol. The number of aryl methyl sites for hydroxylation is 1. The molecule has 0 bridgehead atoms. The van der Waals surface area contributed by atoms with Gasteiger partial charge in [-0.1, -0.05) is 85.3 Å². The molecule has 1 atom stereocenters. The summed E-state index contributed by atoms with van der Waals surface area (Å²) in [4.78, 5) is 29.3. The molecule has 0 spiro atoms. The Balaban J connectivity index is 1.77. The molecule has 1 N–H and O–H groups in total. The molecule has 9 heteroatoms. The number of halogens is 1. The van der Waals surface area contributed by atoms with Gasteiger partial charge in [-0.15, -0.1) is 0 Å². The van der Waals surface area contributed by atoms with Crippen LogP contribution < -0.4 is 9.62 Å². The van der Waals surface area contributed by atoms with Crippen LogP contribution in [-0.4, -0.2) is 44.3 Å². The molecule has 0 radical (unpaired) electrons. The summed E-state index contributed by atoms with van der Waals surface area (Å²) in [6, 6.07) is 28.9. The number of benzene rings is 4. The quantitative estimate of drug-likeness (QED) is 0.219. The van der Waals surface area contributed by atoms with Crippen molar-refractivity contribution in [2.75, 3.05) is 17.4 Å². The molecule has 4 rings (SSSR count). The summed E-state index contributed by atoms with van der Waals surface area (Å²) in [5.41, 5.74) is 2.97. The molecule has 0 saturated heterocycles. The monoisotopic (exact) mass is 601 g/mol. The summed E-state index contributed by atoms with van der Waals surface area (Å²) >= 11 is 0. The molecule has 0 aromatic heterocycles. The van der Waals surface area contributed by atoms with Crippen LogP contribution >= 0.6 is 0 Å². The van der Waals surface area contributed by atoms with Crippen LogP contribution in [0.2, 0.25) is 0 Å². The van der Waals surface area contributed by atoms with E-state index in [4.69, 9.17) is 0 Å². The number of nitrogens with zero attached hydrogens (tertiary/aromatic N) is 2. The minimum absolute atomic E-state index is 0.0926. The zero-order valence-corrected chi connectivity index (χ0v) is 25.1. The molecule has 0 unspecified atom stereocenters. The van der Waals surface area contributed by atoms with Crippen LogP contribution in [0.25, 0.3) is 0 Å². The van der Waals surface area contributed by atoms with E-state index in [0.717, 1.165) is 33.1 Å². The maximum atomic E-state index is 14.3. The lowest BCUT2D eigenvalue weighted by molar-refractivity contribution is -0.140. The van der Waals surface area contributed by atoms with Crippen molar-refractivity contribution in [2.45, 2.75) is 44.2 Å². The van der Waals surface area contributed by atoms with E-state index in [2.05, 4.69) is 5.32 Å². The number of rotatable bonds is 13. The second kappa shape index (κ2) is 14.6. The van der Waals surface area contributed by atoms with Gasteiger partial charge in [0.25, 0.3) is 10.0 Å². The molecule has 0 aliphatic carbocycles. The molecule has 2 amide bonds. The van der Waals surface area contributed by atoms with Crippen molar-refractivity contribution in [3.8, 4) is 0 Å². The van der Waals surface area contributed by atoms with Gasteiger partial charge in [-0.2, -0.15) is 0 Å². The Hall–Kier alpha value is -4.50. The van der Waals surface area contributed by atoms with E-state index in [1.54, 1.807) is 30.3 Å². The first-order valence-electron chi connectivity index (χ1n) is 14.2. The number of sulfonamides is 1. The Morgan fingerprint density at radius 2 is 1.42 bits per heavy atom. The molecule has 43 heavy (non-hydrogen) atoms. The number of anilines is 1. The van der Waals surface area contributed by atoms with Crippen LogP contribution in [0.5, 0.6) is 0 Å². The zero-order valence-electron chi connectivity index (χ0n) is 24.3.